The van der Waals surface area contributed by atoms with Gasteiger partial charge >= 0.3 is 0 Å². The number of aliphatic hydroxyl groups is 1. The summed E-state index contributed by atoms with van der Waals surface area (Å²) in [7, 11) is 0. The minimum atomic E-state index is -0.593. The van der Waals surface area contributed by atoms with Gasteiger partial charge in [0.2, 0.25) is 11.8 Å². The first-order valence-electron chi connectivity index (χ1n) is 8.35. The highest BCUT2D eigenvalue weighted by molar-refractivity contribution is 6.09. The molecule has 2 aliphatic rings. The predicted molar refractivity (Wildman–Crippen MR) is 88.2 cm³/mol. The van der Waals surface area contributed by atoms with E-state index < -0.39 is 12.0 Å². The number of likely N-dealkylation sites (tertiary alicyclic amines) is 1. The van der Waals surface area contributed by atoms with Crippen LogP contribution in [0.25, 0.3) is 0 Å². The lowest BCUT2D eigenvalue weighted by Gasteiger charge is -2.20. The highest BCUT2D eigenvalue weighted by atomic mass is 16.3. The lowest BCUT2D eigenvalue weighted by Crippen LogP contribution is -2.39. The Kier molecular flexibility index (Phi) is 4.39. The van der Waals surface area contributed by atoms with Crippen molar-refractivity contribution in [2.75, 3.05) is 24.5 Å². The van der Waals surface area contributed by atoms with Crippen molar-refractivity contribution < 1.29 is 14.7 Å². The van der Waals surface area contributed by atoms with Crippen molar-refractivity contribution in [3.63, 3.8) is 0 Å². The van der Waals surface area contributed by atoms with Crippen LogP contribution in [-0.4, -0.2) is 47.6 Å². The second-order valence-corrected chi connectivity index (χ2v) is 6.80. The number of benzene rings is 1. The first-order valence-corrected chi connectivity index (χ1v) is 8.35. The van der Waals surface area contributed by atoms with Gasteiger partial charge in [-0.05, 0) is 36.5 Å². The second-order valence-electron chi connectivity index (χ2n) is 6.80. The van der Waals surface area contributed by atoms with Gasteiger partial charge in [-0.2, -0.15) is 0 Å². The Morgan fingerprint density at radius 1 is 1.17 bits per heavy atom. The van der Waals surface area contributed by atoms with Gasteiger partial charge in [0, 0.05) is 25.3 Å². The lowest BCUT2D eigenvalue weighted by molar-refractivity contribution is -0.139. The Hall–Kier alpha value is -1.88. The van der Waals surface area contributed by atoms with E-state index in [0.717, 1.165) is 5.69 Å². The summed E-state index contributed by atoms with van der Waals surface area (Å²) >= 11 is 0. The van der Waals surface area contributed by atoms with Crippen LogP contribution in [0.15, 0.2) is 24.3 Å². The number of hydrogen-bond acceptors (Lipinski definition) is 3. The smallest absolute Gasteiger partial charge is 0.239 e. The zero-order chi connectivity index (χ0) is 16.6. The van der Waals surface area contributed by atoms with E-state index in [0.29, 0.717) is 38.4 Å². The van der Waals surface area contributed by atoms with E-state index in [9.17, 15) is 14.7 Å². The normalized spacial score (nSPS) is 24.8. The number of amides is 2. The molecule has 2 amide bonds. The number of anilines is 1. The minimum Gasteiger partial charge on any atom is -0.391 e. The van der Waals surface area contributed by atoms with E-state index >= 15 is 0 Å². The van der Waals surface area contributed by atoms with Crippen LogP contribution in [0.1, 0.15) is 38.2 Å². The number of β-amino-alcohol motifs (C(OH)–C–C–N with tert-alkyl or cyclic N) is 1. The first-order chi connectivity index (χ1) is 11.0. The molecule has 2 aliphatic heterocycles. The second kappa shape index (κ2) is 6.32. The summed E-state index contributed by atoms with van der Waals surface area (Å²) in [6.07, 6.45) is 0.707. The molecule has 2 fully saturated rings. The van der Waals surface area contributed by atoms with Crippen LogP contribution in [0, 0.1) is 5.92 Å². The number of rotatable bonds is 3. The molecule has 23 heavy (non-hydrogen) atoms. The third-order valence-electron chi connectivity index (χ3n) is 4.85. The van der Waals surface area contributed by atoms with Crippen LogP contribution < -0.4 is 4.90 Å². The van der Waals surface area contributed by atoms with Crippen molar-refractivity contribution >= 4 is 17.5 Å². The molecule has 5 nitrogen and oxygen atoms in total. The summed E-state index contributed by atoms with van der Waals surface area (Å²) in [5, 5.41) is 9.57. The van der Waals surface area contributed by atoms with Crippen molar-refractivity contribution in [1.82, 2.24) is 4.90 Å². The van der Waals surface area contributed by atoms with E-state index in [1.165, 1.54) is 5.56 Å². The van der Waals surface area contributed by atoms with Crippen LogP contribution in [0.2, 0.25) is 0 Å². The fourth-order valence-corrected chi connectivity index (χ4v) is 3.37. The van der Waals surface area contributed by atoms with Crippen LogP contribution in [-0.2, 0) is 9.59 Å². The SMILES string of the molecule is CC(C)c1ccc(N2CCC(C(=O)N3CC[C@@H](O)C3)C2=O)cc1. The molecule has 3 rings (SSSR count). The van der Waals surface area contributed by atoms with E-state index in [-0.39, 0.29) is 11.8 Å². The van der Waals surface area contributed by atoms with E-state index in [1.54, 1.807) is 9.80 Å². The molecule has 1 unspecified atom stereocenters. The Bertz CT molecular complexity index is 597. The number of aliphatic hydroxyl groups excluding tert-OH is 1. The monoisotopic (exact) mass is 316 g/mol. The molecule has 1 N–H and O–H groups in total. The number of carbonyl (C=O) groups is 2. The summed E-state index contributed by atoms with van der Waals surface area (Å²) in [6.45, 7) is 5.75. The molecule has 5 heteroatoms. The highest BCUT2D eigenvalue weighted by Crippen LogP contribution is 2.28. The van der Waals surface area contributed by atoms with E-state index in [1.807, 2.05) is 24.3 Å². The van der Waals surface area contributed by atoms with Crippen molar-refractivity contribution in [3.8, 4) is 0 Å². The van der Waals surface area contributed by atoms with Gasteiger partial charge in [-0.3, -0.25) is 9.59 Å². The summed E-state index contributed by atoms with van der Waals surface area (Å²) in [5.41, 5.74) is 2.09. The standard InChI is InChI=1S/C18H24N2O3/c1-12(2)13-3-5-14(6-4-13)20-10-8-16(18(20)23)17(22)19-9-7-15(21)11-19/h3-6,12,15-16,21H,7-11H2,1-2H3/t15-,16?/m1/s1. The van der Waals surface area contributed by atoms with Crippen molar-refractivity contribution in [1.29, 1.82) is 0 Å². The zero-order valence-electron chi connectivity index (χ0n) is 13.7. The molecule has 2 saturated heterocycles. The van der Waals surface area contributed by atoms with Crippen molar-refractivity contribution in [3.05, 3.63) is 29.8 Å². The van der Waals surface area contributed by atoms with Gasteiger partial charge in [-0.25, -0.2) is 0 Å². The molecular formula is C18H24N2O3. The molecule has 0 spiro atoms. The average molecular weight is 316 g/mol. The number of carbonyl (C=O) groups excluding carboxylic acids is 2. The maximum atomic E-state index is 12.6. The van der Waals surface area contributed by atoms with Crippen molar-refractivity contribution in [2.24, 2.45) is 5.92 Å². The van der Waals surface area contributed by atoms with Crippen LogP contribution >= 0.6 is 0 Å². The quantitative estimate of drug-likeness (QED) is 0.864. The number of nitrogens with zero attached hydrogens (tertiary/aromatic N) is 2. The zero-order valence-corrected chi connectivity index (χ0v) is 13.7. The third kappa shape index (κ3) is 3.11. The maximum Gasteiger partial charge on any atom is 0.239 e. The molecule has 124 valence electrons. The maximum absolute atomic E-state index is 12.6. The van der Waals surface area contributed by atoms with Gasteiger partial charge in [0.05, 0.1) is 6.10 Å². The Morgan fingerprint density at radius 2 is 1.87 bits per heavy atom. The Balaban J connectivity index is 1.70. The fourth-order valence-electron chi connectivity index (χ4n) is 3.37. The predicted octanol–water partition coefficient (Wildman–Crippen LogP) is 1.76. The largest absolute Gasteiger partial charge is 0.391 e. The average Bonchev–Trinajstić information content (AvgIpc) is 3.13. The van der Waals surface area contributed by atoms with Crippen LogP contribution in [0.4, 0.5) is 5.69 Å². The molecule has 2 heterocycles. The summed E-state index contributed by atoms with van der Waals surface area (Å²) in [5.74, 6) is -0.388. The van der Waals surface area contributed by atoms with Crippen LogP contribution in [0.5, 0.6) is 0 Å². The number of hydrogen-bond donors (Lipinski definition) is 1. The summed E-state index contributed by atoms with van der Waals surface area (Å²) < 4.78 is 0. The Labute approximate surface area is 136 Å². The molecule has 0 aliphatic carbocycles. The van der Waals surface area contributed by atoms with Gasteiger partial charge in [-0.1, -0.05) is 26.0 Å². The Morgan fingerprint density at radius 3 is 2.43 bits per heavy atom. The third-order valence-corrected chi connectivity index (χ3v) is 4.85. The van der Waals surface area contributed by atoms with Gasteiger partial charge in [0.1, 0.15) is 5.92 Å². The van der Waals surface area contributed by atoms with E-state index in [4.69, 9.17) is 0 Å². The molecule has 0 saturated carbocycles. The van der Waals surface area contributed by atoms with Gasteiger partial charge in [0.25, 0.3) is 0 Å². The van der Waals surface area contributed by atoms with Crippen molar-refractivity contribution in [2.45, 2.75) is 38.7 Å². The molecule has 1 aromatic carbocycles. The van der Waals surface area contributed by atoms with Gasteiger partial charge in [0.15, 0.2) is 0 Å². The van der Waals surface area contributed by atoms with Crippen LogP contribution in [0.3, 0.4) is 0 Å². The van der Waals surface area contributed by atoms with Gasteiger partial charge in [-0.15, -0.1) is 0 Å². The highest BCUT2D eigenvalue weighted by Gasteiger charge is 2.41. The molecule has 0 radical (unpaired) electrons. The molecule has 0 aromatic heterocycles. The first kappa shape index (κ1) is 16.0. The van der Waals surface area contributed by atoms with E-state index in [2.05, 4.69) is 13.8 Å². The topological polar surface area (TPSA) is 60.9 Å². The molecule has 1 aromatic rings. The molecular weight excluding hydrogens is 292 g/mol. The summed E-state index contributed by atoms with van der Waals surface area (Å²) in [6, 6.07) is 8.00. The van der Waals surface area contributed by atoms with Gasteiger partial charge < -0.3 is 14.9 Å². The lowest BCUT2D eigenvalue weighted by atomic mass is 10.0. The molecule has 2 atom stereocenters. The minimum absolute atomic E-state index is 0.117. The molecule has 0 bridgehead atoms. The summed E-state index contributed by atoms with van der Waals surface area (Å²) in [4.78, 5) is 28.4. The fraction of sp³-hybridized carbons (Fsp3) is 0.556.